The number of ether oxygens (including phenoxy) is 1. The second-order valence-corrected chi connectivity index (χ2v) is 6.17. The van der Waals surface area contributed by atoms with E-state index in [0.717, 1.165) is 0 Å². The first kappa shape index (κ1) is 18.2. The third-order valence-electron chi connectivity index (χ3n) is 3.87. The number of amides is 2. The van der Waals surface area contributed by atoms with Gasteiger partial charge in [-0.3, -0.25) is 9.59 Å². The predicted octanol–water partition coefficient (Wildman–Crippen LogP) is 4.43. The molecule has 0 atom stereocenters. The van der Waals surface area contributed by atoms with Crippen LogP contribution in [-0.4, -0.2) is 30.8 Å². The van der Waals surface area contributed by atoms with Crippen LogP contribution in [0.5, 0.6) is 11.5 Å². The van der Waals surface area contributed by atoms with Gasteiger partial charge >= 0.3 is 0 Å². The number of rotatable bonds is 5. The lowest BCUT2D eigenvalue weighted by Gasteiger charge is -2.11. The van der Waals surface area contributed by atoms with Crippen molar-refractivity contribution in [2.45, 2.75) is 0 Å². The number of hydrogen-bond acceptors (Lipinski definition) is 3. The Hall–Kier alpha value is -3.60. The molecule has 0 spiro atoms. The zero-order chi connectivity index (χ0) is 19.2. The van der Waals surface area contributed by atoms with Crippen molar-refractivity contribution in [1.29, 1.82) is 0 Å². The SMILES string of the molecule is CN(C)C(=O)c1ccc(NC(=O)c2cccc(Oc3ccccc3)c2)cc1. The van der Waals surface area contributed by atoms with E-state index in [9.17, 15) is 9.59 Å². The Kier molecular flexibility index (Phi) is 5.52. The zero-order valence-corrected chi connectivity index (χ0v) is 15.2. The fourth-order valence-corrected chi connectivity index (χ4v) is 2.48. The van der Waals surface area contributed by atoms with E-state index >= 15 is 0 Å². The van der Waals surface area contributed by atoms with Gasteiger partial charge in [0, 0.05) is 30.9 Å². The molecule has 2 amide bonds. The topological polar surface area (TPSA) is 58.6 Å². The van der Waals surface area contributed by atoms with Crippen molar-refractivity contribution in [2.75, 3.05) is 19.4 Å². The van der Waals surface area contributed by atoms with E-state index in [4.69, 9.17) is 4.74 Å². The summed E-state index contributed by atoms with van der Waals surface area (Å²) in [5.74, 6) is 0.954. The third-order valence-corrected chi connectivity index (χ3v) is 3.87. The van der Waals surface area contributed by atoms with Crippen molar-refractivity contribution in [2.24, 2.45) is 0 Å². The van der Waals surface area contributed by atoms with Gasteiger partial charge in [-0.25, -0.2) is 0 Å². The normalized spacial score (nSPS) is 10.1. The summed E-state index contributed by atoms with van der Waals surface area (Å²) in [7, 11) is 3.39. The van der Waals surface area contributed by atoms with E-state index in [-0.39, 0.29) is 11.8 Å². The molecule has 0 bridgehead atoms. The van der Waals surface area contributed by atoms with Gasteiger partial charge < -0.3 is 15.0 Å². The molecule has 3 aromatic rings. The molecule has 0 saturated carbocycles. The molecule has 0 aromatic heterocycles. The predicted molar refractivity (Wildman–Crippen MR) is 105 cm³/mol. The molecule has 3 aromatic carbocycles. The number of carbonyl (C=O) groups is 2. The van der Waals surface area contributed by atoms with Crippen molar-refractivity contribution < 1.29 is 14.3 Å². The Morgan fingerprint density at radius 1 is 0.778 bits per heavy atom. The maximum atomic E-state index is 12.5. The van der Waals surface area contributed by atoms with Gasteiger partial charge in [0.15, 0.2) is 0 Å². The Balaban J connectivity index is 1.69. The smallest absolute Gasteiger partial charge is 0.255 e. The molecule has 0 aliphatic rings. The van der Waals surface area contributed by atoms with Crippen LogP contribution in [0.3, 0.4) is 0 Å². The summed E-state index contributed by atoms with van der Waals surface area (Å²) in [5.41, 5.74) is 1.66. The van der Waals surface area contributed by atoms with E-state index in [1.165, 1.54) is 4.90 Å². The molecule has 0 unspecified atom stereocenters. The highest BCUT2D eigenvalue weighted by Crippen LogP contribution is 2.22. The highest BCUT2D eigenvalue weighted by atomic mass is 16.5. The standard InChI is InChI=1S/C22H20N2O3/c1-24(2)22(26)16-11-13-18(14-12-16)23-21(25)17-7-6-10-20(15-17)27-19-8-4-3-5-9-19/h3-15H,1-2H3,(H,23,25). The summed E-state index contributed by atoms with van der Waals surface area (Å²) in [6.45, 7) is 0. The second kappa shape index (κ2) is 8.19. The van der Waals surface area contributed by atoms with Crippen LogP contribution in [0.2, 0.25) is 0 Å². The largest absolute Gasteiger partial charge is 0.457 e. The molecule has 5 nitrogen and oxygen atoms in total. The van der Waals surface area contributed by atoms with Crippen molar-refractivity contribution in [3.05, 3.63) is 90.0 Å². The lowest BCUT2D eigenvalue weighted by Crippen LogP contribution is -2.21. The molecule has 0 fully saturated rings. The Morgan fingerprint density at radius 3 is 2.11 bits per heavy atom. The summed E-state index contributed by atoms with van der Waals surface area (Å²) in [6.07, 6.45) is 0. The summed E-state index contributed by atoms with van der Waals surface area (Å²) in [6, 6.07) is 23.1. The van der Waals surface area contributed by atoms with Crippen LogP contribution >= 0.6 is 0 Å². The first-order valence-electron chi connectivity index (χ1n) is 8.49. The number of anilines is 1. The van der Waals surface area contributed by atoms with Crippen molar-refractivity contribution >= 4 is 17.5 Å². The highest BCUT2D eigenvalue weighted by Gasteiger charge is 2.10. The molecule has 0 radical (unpaired) electrons. The molecule has 5 heteroatoms. The van der Waals surface area contributed by atoms with Crippen LogP contribution in [0, 0.1) is 0 Å². The van der Waals surface area contributed by atoms with E-state index in [0.29, 0.717) is 28.3 Å². The number of nitrogens with zero attached hydrogens (tertiary/aromatic N) is 1. The summed E-state index contributed by atoms with van der Waals surface area (Å²) in [5, 5.41) is 2.83. The molecule has 1 N–H and O–H groups in total. The van der Waals surface area contributed by atoms with Gasteiger partial charge in [0.05, 0.1) is 0 Å². The van der Waals surface area contributed by atoms with Gasteiger partial charge in [-0.1, -0.05) is 24.3 Å². The number of hydrogen-bond donors (Lipinski definition) is 1. The Morgan fingerprint density at radius 2 is 1.44 bits per heavy atom. The second-order valence-electron chi connectivity index (χ2n) is 6.17. The molecular weight excluding hydrogens is 340 g/mol. The number of para-hydroxylation sites is 1. The van der Waals surface area contributed by atoms with Crippen molar-refractivity contribution in [1.82, 2.24) is 4.90 Å². The monoisotopic (exact) mass is 360 g/mol. The van der Waals surface area contributed by atoms with E-state index in [1.54, 1.807) is 62.6 Å². The third kappa shape index (κ3) is 4.73. The van der Waals surface area contributed by atoms with Crippen molar-refractivity contribution in [3.63, 3.8) is 0 Å². The van der Waals surface area contributed by atoms with E-state index in [2.05, 4.69) is 5.32 Å². The minimum Gasteiger partial charge on any atom is -0.457 e. The first-order chi connectivity index (χ1) is 13.0. The van der Waals surface area contributed by atoms with Gasteiger partial charge in [-0.15, -0.1) is 0 Å². The van der Waals surface area contributed by atoms with Crippen molar-refractivity contribution in [3.8, 4) is 11.5 Å². The van der Waals surface area contributed by atoms with Crippen LogP contribution in [0.4, 0.5) is 5.69 Å². The minimum absolute atomic E-state index is 0.0846. The van der Waals surface area contributed by atoms with Crippen LogP contribution in [0.25, 0.3) is 0 Å². The molecule has 27 heavy (non-hydrogen) atoms. The number of nitrogens with one attached hydrogen (secondary N) is 1. The first-order valence-corrected chi connectivity index (χ1v) is 8.49. The van der Waals surface area contributed by atoms with Crippen LogP contribution in [0.1, 0.15) is 20.7 Å². The zero-order valence-electron chi connectivity index (χ0n) is 15.2. The minimum atomic E-state index is -0.250. The lowest BCUT2D eigenvalue weighted by molar-refractivity contribution is 0.0827. The maximum absolute atomic E-state index is 12.5. The molecule has 0 aliphatic carbocycles. The summed E-state index contributed by atoms with van der Waals surface area (Å²) in [4.78, 5) is 25.9. The van der Waals surface area contributed by atoms with E-state index < -0.39 is 0 Å². The highest BCUT2D eigenvalue weighted by molar-refractivity contribution is 6.04. The molecule has 3 rings (SSSR count). The molecule has 136 valence electrons. The number of benzene rings is 3. The van der Waals surface area contributed by atoms with Gasteiger partial charge in [0.25, 0.3) is 11.8 Å². The Bertz CT molecular complexity index is 935. The van der Waals surface area contributed by atoms with Crippen LogP contribution in [-0.2, 0) is 0 Å². The van der Waals surface area contributed by atoms with Gasteiger partial charge in [-0.05, 0) is 54.6 Å². The summed E-state index contributed by atoms with van der Waals surface area (Å²) < 4.78 is 5.76. The van der Waals surface area contributed by atoms with Crippen LogP contribution in [0.15, 0.2) is 78.9 Å². The molecule has 0 saturated heterocycles. The average molecular weight is 360 g/mol. The quantitative estimate of drug-likeness (QED) is 0.732. The fraction of sp³-hybridized carbons (Fsp3) is 0.0909. The van der Waals surface area contributed by atoms with Gasteiger partial charge in [0.1, 0.15) is 11.5 Å². The molecular formula is C22H20N2O3. The van der Waals surface area contributed by atoms with Gasteiger partial charge in [0.2, 0.25) is 0 Å². The van der Waals surface area contributed by atoms with E-state index in [1.807, 2.05) is 30.3 Å². The fourth-order valence-electron chi connectivity index (χ4n) is 2.48. The lowest BCUT2D eigenvalue weighted by atomic mass is 10.1. The maximum Gasteiger partial charge on any atom is 0.255 e. The molecule has 0 aliphatic heterocycles. The van der Waals surface area contributed by atoms with Crippen LogP contribution < -0.4 is 10.1 Å². The average Bonchev–Trinajstić information content (AvgIpc) is 2.69. The Labute approximate surface area is 158 Å². The number of carbonyl (C=O) groups excluding carboxylic acids is 2. The summed E-state index contributed by atoms with van der Waals surface area (Å²) >= 11 is 0. The molecule has 0 heterocycles. The van der Waals surface area contributed by atoms with Gasteiger partial charge in [-0.2, -0.15) is 0 Å².